The highest BCUT2D eigenvalue weighted by molar-refractivity contribution is 5.84. The van der Waals surface area contributed by atoms with Crippen LogP contribution in [0.5, 0.6) is 5.75 Å². The van der Waals surface area contributed by atoms with E-state index in [4.69, 9.17) is 4.74 Å². The first-order valence-corrected chi connectivity index (χ1v) is 7.32. The van der Waals surface area contributed by atoms with Gasteiger partial charge in [0.05, 0.1) is 18.7 Å². The number of para-hydroxylation sites is 1. The molecule has 0 unspecified atom stereocenters. The van der Waals surface area contributed by atoms with Gasteiger partial charge in [-0.15, -0.1) is 0 Å². The van der Waals surface area contributed by atoms with Crippen molar-refractivity contribution < 1.29 is 9.53 Å². The zero-order valence-electron chi connectivity index (χ0n) is 11.8. The lowest BCUT2D eigenvalue weighted by molar-refractivity contribution is -0.123. The minimum absolute atomic E-state index is 0.0639. The van der Waals surface area contributed by atoms with Gasteiger partial charge < -0.3 is 10.1 Å². The van der Waals surface area contributed by atoms with Crippen molar-refractivity contribution in [3.05, 3.63) is 47.8 Å². The van der Waals surface area contributed by atoms with Gasteiger partial charge in [0, 0.05) is 11.3 Å². The van der Waals surface area contributed by atoms with Crippen LogP contribution < -0.4 is 10.1 Å². The van der Waals surface area contributed by atoms with Crippen molar-refractivity contribution in [1.82, 2.24) is 15.5 Å². The molecule has 0 aliphatic heterocycles. The Bertz CT molecular complexity index is 595. The van der Waals surface area contributed by atoms with E-state index in [1.54, 1.807) is 6.20 Å². The first-order chi connectivity index (χ1) is 10.3. The standard InChI is InChI=1S/C16H19N3O2/c20-16(13-7-4-8-15-14(13)11-18-19-15)17-9-10-21-12-5-2-1-3-6-12/h1-3,5-6,11,13H,4,7-10H2,(H,17,20)(H,18,19)/t13-/m0/s1. The van der Waals surface area contributed by atoms with E-state index in [9.17, 15) is 4.79 Å². The number of amides is 1. The number of carbonyl (C=O) groups is 1. The third-order valence-electron chi connectivity index (χ3n) is 3.78. The normalized spacial score (nSPS) is 17.0. The third-order valence-corrected chi connectivity index (χ3v) is 3.78. The van der Waals surface area contributed by atoms with E-state index in [0.717, 1.165) is 36.3 Å². The lowest BCUT2D eigenvalue weighted by Crippen LogP contribution is -2.33. The number of carbonyl (C=O) groups excluding carboxylic acids is 1. The smallest absolute Gasteiger partial charge is 0.227 e. The number of nitrogens with one attached hydrogen (secondary N) is 2. The van der Waals surface area contributed by atoms with Crippen molar-refractivity contribution in [2.45, 2.75) is 25.2 Å². The number of ether oxygens (including phenoxy) is 1. The van der Waals surface area contributed by atoms with Crippen LogP contribution in [-0.4, -0.2) is 29.3 Å². The van der Waals surface area contributed by atoms with Crippen LogP contribution in [0.2, 0.25) is 0 Å². The van der Waals surface area contributed by atoms with Crippen LogP contribution in [0.15, 0.2) is 36.5 Å². The molecule has 0 spiro atoms. The van der Waals surface area contributed by atoms with Crippen LogP contribution in [-0.2, 0) is 11.2 Å². The molecule has 3 rings (SSSR count). The summed E-state index contributed by atoms with van der Waals surface area (Å²) in [5.74, 6) is 0.805. The maximum atomic E-state index is 12.3. The Morgan fingerprint density at radius 1 is 1.38 bits per heavy atom. The lowest BCUT2D eigenvalue weighted by Gasteiger charge is -2.21. The molecule has 0 saturated carbocycles. The minimum Gasteiger partial charge on any atom is -0.492 e. The average molecular weight is 285 g/mol. The molecule has 5 heteroatoms. The molecule has 21 heavy (non-hydrogen) atoms. The third kappa shape index (κ3) is 3.24. The molecule has 0 radical (unpaired) electrons. The summed E-state index contributed by atoms with van der Waals surface area (Å²) in [6.45, 7) is 0.984. The highest BCUT2D eigenvalue weighted by atomic mass is 16.5. The number of rotatable bonds is 5. The summed E-state index contributed by atoms with van der Waals surface area (Å²) in [7, 11) is 0. The fraction of sp³-hybridized carbons (Fsp3) is 0.375. The molecule has 2 N–H and O–H groups in total. The van der Waals surface area contributed by atoms with Crippen molar-refractivity contribution in [3.8, 4) is 5.75 Å². The van der Waals surface area contributed by atoms with Crippen LogP contribution in [0.3, 0.4) is 0 Å². The van der Waals surface area contributed by atoms with Crippen molar-refractivity contribution in [3.63, 3.8) is 0 Å². The Labute approximate surface area is 123 Å². The van der Waals surface area contributed by atoms with E-state index < -0.39 is 0 Å². The molecule has 1 heterocycles. The summed E-state index contributed by atoms with van der Waals surface area (Å²) in [4.78, 5) is 12.3. The number of fused-ring (bicyclic) bond motifs is 1. The predicted molar refractivity (Wildman–Crippen MR) is 79.2 cm³/mol. The molecule has 1 aliphatic rings. The first-order valence-electron chi connectivity index (χ1n) is 7.32. The number of H-pyrrole nitrogens is 1. The summed E-state index contributed by atoms with van der Waals surface area (Å²) in [6.07, 6.45) is 4.67. The Balaban J connectivity index is 1.47. The quantitative estimate of drug-likeness (QED) is 0.826. The van der Waals surface area contributed by atoms with Gasteiger partial charge in [-0.2, -0.15) is 5.10 Å². The number of aromatic nitrogens is 2. The molecule has 1 aromatic heterocycles. The Hall–Kier alpha value is -2.30. The van der Waals surface area contributed by atoms with Crippen molar-refractivity contribution in [2.24, 2.45) is 0 Å². The van der Waals surface area contributed by atoms with Crippen molar-refractivity contribution in [2.75, 3.05) is 13.2 Å². The van der Waals surface area contributed by atoms with Crippen LogP contribution in [0.4, 0.5) is 0 Å². The molecular formula is C16H19N3O2. The summed E-state index contributed by atoms with van der Waals surface area (Å²) >= 11 is 0. The second kappa shape index (κ2) is 6.43. The van der Waals surface area contributed by atoms with Crippen LogP contribution in [0.1, 0.15) is 30.0 Å². The highest BCUT2D eigenvalue weighted by Crippen LogP contribution is 2.30. The fourth-order valence-electron chi connectivity index (χ4n) is 2.72. The molecule has 1 aromatic carbocycles. The van der Waals surface area contributed by atoms with Gasteiger partial charge in [0.1, 0.15) is 12.4 Å². The molecule has 5 nitrogen and oxygen atoms in total. The van der Waals surface area contributed by atoms with E-state index in [2.05, 4.69) is 15.5 Å². The van der Waals surface area contributed by atoms with E-state index in [-0.39, 0.29) is 11.8 Å². The van der Waals surface area contributed by atoms with Gasteiger partial charge in [0.2, 0.25) is 5.91 Å². The van der Waals surface area contributed by atoms with Gasteiger partial charge in [0.15, 0.2) is 0 Å². The first kappa shape index (κ1) is 13.7. The highest BCUT2D eigenvalue weighted by Gasteiger charge is 2.27. The van der Waals surface area contributed by atoms with E-state index in [0.29, 0.717) is 13.2 Å². The molecule has 1 atom stereocenters. The average Bonchev–Trinajstić information content (AvgIpc) is 3.01. The largest absolute Gasteiger partial charge is 0.492 e. The number of nitrogens with zero attached hydrogens (tertiary/aromatic N) is 1. The molecular weight excluding hydrogens is 266 g/mol. The summed E-state index contributed by atoms with van der Waals surface area (Å²) in [5, 5.41) is 9.97. The number of aryl methyl sites for hydroxylation is 1. The Morgan fingerprint density at radius 3 is 3.10 bits per heavy atom. The molecule has 1 amide bonds. The molecule has 0 saturated heterocycles. The SMILES string of the molecule is O=C(NCCOc1ccccc1)[C@H]1CCCc2[nH]ncc21. The molecule has 0 bridgehead atoms. The zero-order chi connectivity index (χ0) is 14.5. The molecule has 110 valence electrons. The second-order valence-corrected chi connectivity index (χ2v) is 5.20. The van der Waals surface area contributed by atoms with Gasteiger partial charge in [-0.3, -0.25) is 9.89 Å². The van der Waals surface area contributed by atoms with E-state index in [1.165, 1.54) is 0 Å². The maximum Gasteiger partial charge on any atom is 0.227 e. The molecule has 2 aromatic rings. The van der Waals surface area contributed by atoms with E-state index in [1.807, 2.05) is 30.3 Å². The van der Waals surface area contributed by atoms with Gasteiger partial charge in [-0.25, -0.2) is 0 Å². The second-order valence-electron chi connectivity index (χ2n) is 5.20. The maximum absolute atomic E-state index is 12.3. The fourth-order valence-corrected chi connectivity index (χ4v) is 2.72. The van der Waals surface area contributed by atoms with Crippen LogP contribution in [0.25, 0.3) is 0 Å². The molecule has 0 fully saturated rings. The van der Waals surface area contributed by atoms with Gasteiger partial charge in [-0.05, 0) is 31.4 Å². The monoisotopic (exact) mass is 285 g/mol. The molecule has 1 aliphatic carbocycles. The van der Waals surface area contributed by atoms with Crippen LogP contribution in [0, 0.1) is 0 Å². The number of aromatic amines is 1. The van der Waals surface area contributed by atoms with Crippen LogP contribution >= 0.6 is 0 Å². The summed E-state index contributed by atoms with van der Waals surface area (Å²) < 4.78 is 5.56. The van der Waals surface area contributed by atoms with Crippen molar-refractivity contribution in [1.29, 1.82) is 0 Å². The lowest BCUT2D eigenvalue weighted by atomic mass is 9.86. The number of hydrogen-bond acceptors (Lipinski definition) is 3. The van der Waals surface area contributed by atoms with Gasteiger partial charge in [-0.1, -0.05) is 18.2 Å². The zero-order valence-corrected chi connectivity index (χ0v) is 11.8. The summed E-state index contributed by atoms with van der Waals surface area (Å²) in [5.41, 5.74) is 2.14. The number of hydrogen-bond donors (Lipinski definition) is 2. The van der Waals surface area contributed by atoms with Gasteiger partial charge >= 0.3 is 0 Å². The topological polar surface area (TPSA) is 67.0 Å². The summed E-state index contributed by atoms with van der Waals surface area (Å²) in [6, 6.07) is 9.61. The van der Waals surface area contributed by atoms with E-state index >= 15 is 0 Å². The predicted octanol–water partition coefficient (Wildman–Crippen LogP) is 2.02. The number of benzene rings is 1. The van der Waals surface area contributed by atoms with Crippen molar-refractivity contribution >= 4 is 5.91 Å². The van der Waals surface area contributed by atoms with Gasteiger partial charge in [0.25, 0.3) is 0 Å². The Morgan fingerprint density at radius 2 is 2.24 bits per heavy atom. The minimum atomic E-state index is -0.0794. The Kier molecular flexibility index (Phi) is 4.19.